The first-order chi connectivity index (χ1) is 5.99. The second-order valence-corrected chi connectivity index (χ2v) is 7.20. The summed E-state index contributed by atoms with van der Waals surface area (Å²) in [6, 6.07) is 0. The molecule has 1 aliphatic rings. The summed E-state index contributed by atoms with van der Waals surface area (Å²) in [6.45, 7) is 4.12. The summed E-state index contributed by atoms with van der Waals surface area (Å²) in [5.41, 5.74) is 1.30. The van der Waals surface area contributed by atoms with Gasteiger partial charge < -0.3 is 0 Å². The van der Waals surface area contributed by atoms with Crippen LogP contribution in [0.3, 0.4) is 0 Å². The van der Waals surface area contributed by atoms with Crippen LogP contribution in [0.5, 0.6) is 0 Å². The van der Waals surface area contributed by atoms with E-state index in [2.05, 4.69) is 19.9 Å². The van der Waals surface area contributed by atoms with E-state index in [0.717, 1.165) is 12.2 Å². The van der Waals surface area contributed by atoms with Gasteiger partial charge in [-0.1, -0.05) is 11.6 Å². The van der Waals surface area contributed by atoms with Crippen LogP contribution in [0.25, 0.3) is 0 Å². The van der Waals surface area contributed by atoms with E-state index in [0.29, 0.717) is 16.8 Å². The molecule has 1 aliphatic heterocycles. The molecule has 0 radical (unpaired) electrons. The lowest BCUT2D eigenvalue weighted by molar-refractivity contribution is 0.602. The van der Waals surface area contributed by atoms with Gasteiger partial charge in [-0.25, -0.2) is 8.42 Å². The van der Waals surface area contributed by atoms with E-state index in [-0.39, 0.29) is 0 Å². The zero-order chi connectivity index (χ0) is 9.90. The highest BCUT2D eigenvalue weighted by Crippen LogP contribution is 2.24. The smallest absolute Gasteiger partial charge is 0.151 e. The Morgan fingerprint density at radius 3 is 2.69 bits per heavy atom. The molecule has 0 spiro atoms. The Morgan fingerprint density at radius 2 is 2.23 bits per heavy atom. The van der Waals surface area contributed by atoms with E-state index >= 15 is 0 Å². The van der Waals surface area contributed by atoms with Crippen molar-refractivity contribution in [2.75, 3.05) is 17.3 Å². The monoisotopic (exact) mass is 220 g/mol. The fourth-order valence-corrected chi connectivity index (χ4v) is 4.93. The number of rotatable bonds is 3. The van der Waals surface area contributed by atoms with Crippen LogP contribution in [0.2, 0.25) is 0 Å². The molecule has 0 aliphatic carbocycles. The van der Waals surface area contributed by atoms with Gasteiger partial charge in [0, 0.05) is 11.0 Å². The maximum absolute atomic E-state index is 11.1. The van der Waals surface area contributed by atoms with E-state index in [1.165, 1.54) is 5.57 Å². The van der Waals surface area contributed by atoms with E-state index in [4.69, 9.17) is 0 Å². The molecular formula is C9H16O2S2. The summed E-state index contributed by atoms with van der Waals surface area (Å²) in [5, 5.41) is 0.334. The molecule has 0 saturated carbocycles. The summed E-state index contributed by atoms with van der Waals surface area (Å²) in [6.07, 6.45) is 2.99. The molecule has 1 rings (SSSR count). The van der Waals surface area contributed by atoms with Crippen molar-refractivity contribution in [3.05, 3.63) is 11.6 Å². The van der Waals surface area contributed by atoms with Gasteiger partial charge in [0.05, 0.1) is 11.5 Å². The first kappa shape index (κ1) is 11.1. The minimum atomic E-state index is -2.69. The molecule has 1 fully saturated rings. The lowest BCUT2D eigenvalue weighted by Gasteiger charge is -2.03. The number of thioether (sulfide) groups is 1. The summed E-state index contributed by atoms with van der Waals surface area (Å²) in [7, 11) is -2.69. The maximum Gasteiger partial charge on any atom is 0.151 e. The molecule has 1 unspecified atom stereocenters. The molecule has 2 nitrogen and oxygen atoms in total. The zero-order valence-corrected chi connectivity index (χ0v) is 9.75. The number of hydrogen-bond donors (Lipinski definition) is 0. The van der Waals surface area contributed by atoms with Crippen LogP contribution in [0.4, 0.5) is 0 Å². The molecule has 76 valence electrons. The van der Waals surface area contributed by atoms with Crippen molar-refractivity contribution in [1.82, 2.24) is 0 Å². The molecule has 0 aromatic heterocycles. The SMILES string of the molecule is CC(C)=CCSC1CCS(=O)(=O)C1. The van der Waals surface area contributed by atoms with Crippen molar-refractivity contribution in [3.8, 4) is 0 Å². The molecule has 0 aromatic carbocycles. The largest absolute Gasteiger partial charge is 0.229 e. The summed E-state index contributed by atoms with van der Waals surface area (Å²) >= 11 is 1.76. The van der Waals surface area contributed by atoms with Crippen LogP contribution in [-0.2, 0) is 9.84 Å². The third kappa shape index (κ3) is 4.18. The standard InChI is InChI=1S/C9H16O2S2/c1-8(2)3-5-12-9-4-6-13(10,11)7-9/h3,9H,4-7H2,1-2H3. The van der Waals surface area contributed by atoms with Crippen LogP contribution >= 0.6 is 11.8 Å². The highest BCUT2D eigenvalue weighted by molar-refractivity contribution is 8.01. The van der Waals surface area contributed by atoms with Gasteiger partial charge in [0.25, 0.3) is 0 Å². The van der Waals surface area contributed by atoms with Gasteiger partial charge in [0.15, 0.2) is 9.84 Å². The molecule has 1 heterocycles. The van der Waals surface area contributed by atoms with Gasteiger partial charge in [-0.2, -0.15) is 11.8 Å². The van der Waals surface area contributed by atoms with Crippen LogP contribution < -0.4 is 0 Å². The highest BCUT2D eigenvalue weighted by atomic mass is 32.2. The molecule has 13 heavy (non-hydrogen) atoms. The molecular weight excluding hydrogens is 204 g/mol. The molecule has 1 atom stereocenters. The summed E-state index contributed by atoms with van der Waals surface area (Å²) in [4.78, 5) is 0. The molecule has 0 aromatic rings. The Balaban J connectivity index is 2.30. The van der Waals surface area contributed by atoms with Gasteiger partial charge in [0.2, 0.25) is 0 Å². The average Bonchev–Trinajstić information content (AvgIpc) is 2.29. The van der Waals surface area contributed by atoms with Crippen LogP contribution in [0.15, 0.2) is 11.6 Å². The fraction of sp³-hybridized carbons (Fsp3) is 0.778. The van der Waals surface area contributed by atoms with Gasteiger partial charge in [-0.05, 0) is 20.3 Å². The Labute approximate surface area is 84.7 Å². The van der Waals surface area contributed by atoms with Gasteiger partial charge in [-0.3, -0.25) is 0 Å². The van der Waals surface area contributed by atoms with Crippen LogP contribution in [0, 0.1) is 0 Å². The Hall–Kier alpha value is 0.0400. The Bertz CT molecular complexity index is 287. The third-order valence-electron chi connectivity index (χ3n) is 2.01. The fourth-order valence-electron chi connectivity index (χ4n) is 1.24. The molecule has 1 saturated heterocycles. The lowest BCUT2D eigenvalue weighted by Crippen LogP contribution is -2.06. The molecule has 4 heteroatoms. The predicted molar refractivity (Wildman–Crippen MR) is 58.9 cm³/mol. The van der Waals surface area contributed by atoms with E-state index in [1.54, 1.807) is 11.8 Å². The quantitative estimate of drug-likeness (QED) is 0.681. The first-order valence-corrected chi connectivity index (χ1v) is 7.32. The van der Waals surface area contributed by atoms with Crippen molar-refractivity contribution in [3.63, 3.8) is 0 Å². The van der Waals surface area contributed by atoms with Crippen molar-refractivity contribution in [2.45, 2.75) is 25.5 Å². The predicted octanol–water partition coefficient (Wildman–Crippen LogP) is 1.87. The van der Waals surface area contributed by atoms with E-state index in [9.17, 15) is 8.42 Å². The number of hydrogen-bond acceptors (Lipinski definition) is 3. The van der Waals surface area contributed by atoms with Crippen molar-refractivity contribution in [2.24, 2.45) is 0 Å². The number of sulfone groups is 1. The summed E-state index contributed by atoms with van der Waals surface area (Å²) in [5.74, 6) is 1.72. The van der Waals surface area contributed by atoms with Crippen LogP contribution in [-0.4, -0.2) is 30.9 Å². The van der Waals surface area contributed by atoms with Gasteiger partial charge in [-0.15, -0.1) is 0 Å². The van der Waals surface area contributed by atoms with Gasteiger partial charge in [0.1, 0.15) is 0 Å². The van der Waals surface area contributed by atoms with Crippen molar-refractivity contribution >= 4 is 21.6 Å². The zero-order valence-electron chi connectivity index (χ0n) is 8.12. The van der Waals surface area contributed by atoms with Crippen molar-refractivity contribution in [1.29, 1.82) is 0 Å². The second kappa shape index (κ2) is 4.51. The molecule has 0 N–H and O–H groups in total. The third-order valence-corrected chi connectivity index (χ3v) is 5.23. The molecule has 0 bridgehead atoms. The lowest BCUT2D eigenvalue weighted by atomic mass is 10.3. The van der Waals surface area contributed by atoms with Crippen molar-refractivity contribution < 1.29 is 8.42 Å². The average molecular weight is 220 g/mol. The topological polar surface area (TPSA) is 34.1 Å². The minimum Gasteiger partial charge on any atom is -0.229 e. The second-order valence-electron chi connectivity index (χ2n) is 3.64. The van der Waals surface area contributed by atoms with E-state index < -0.39 is 9.84 Å². The minimum absolute atomic E-state index is 0.334. The normalized spacial score (nSPS) is 25.8. The maximum atomic E-state index is 11.1. The molecule has 0 amide bonds. The highest BCUT2D eigenvalue weighted by Gasteiger charge is 2.27. The first-order valence-electron chi connectivity index (χ1n) is 4.45. The Morgan fingerprint density at radius 1 is 1.54 bits per heavy atom. The van der Waals surface area contributed by atoms with Gasteiger partial charge >= 0.3 is 0 Å². The van der Waals surface area contributed by atoms with E-state index in [1.807, 2.05) is 0 Å². The Kier molecular flexibility index (Phi) is 3.86. The van der Waals surface area contributed by atoms with Crippen LogP contribution in [0.1, 0.15) is 20.3 Å². The summed E-state index contributed by atoms with van der Waals surface area (Å²) < 4.78 is 22.2. The number of allylic oxidation sites excluding steroid dienone is 1.